The van der Waals surface area contributed by atoms with Gasteiger partial charge in [-0.15, -0.1) is 24.0 Å². The second kappa shape index (κ2) is 5.26. The normalized spacial score (nSPS) is 28.0. The Hall–Kier alpha value is -1.11. The fourth-order valence-corrected chi connectivity index (χ4v) is 4.71. The van der Waals surface area contributed by atoms with Gasteiger partial charge in [-0.2, -0.15) is 0 Å². The predicted octanol–water partition coefficient (Wildman–Crippen LogP) is 2.41. The van der Waals surface area contributed by atoms with Crippen LogP contribution in [0, 0.1) is 5.92 Å². The highest BCUT2D eigenvalue weighted by Crippen LogP contribution is 2.29. The van der Waals surface area contributed by atoms with Crippen molar-refractivity contribution in [2.45, 2.75) is 23.1 Å². The second-order valence-electron chi connectivity index (χ2n) is 6.01. The number of carbonyl (C=O) groups is 1. The number of amides is 1. The molecule has 21 heavy (non-hydrogen) atoms. The lowest BCUT2D eigenvalue weighted by Gasteiger charge is -2.30. The first-order chi connectivity index (χ1) is 10.2. The molecule has 2 aliphatic rings. The molecule has 1 amide bonds. The largest absolute Gasteiger partial charge is 0.347 e. The molecule has 0 aromatic carbocycles. The van der Waals surface area contributed by atoms with Gasteiger partial charge in [-0.05, 0) is 37.4 Å². The Kier molecular flexibility index (Phi) is 3.40. The number of piperidine rings is 1. The maximum absolute atomic E-state index is 12.4. The van der Waals surface area contributed by atoms with E-state index in [9.17, 15) is 4.79 Å². The molecule has 4 heterocycles. The number of hydrogen-bond acceptors (Lipinski definition) is 5. The van der Waals surface area contributed by atoms with Gasteiger partial charge >= 0.3 is 0 Å². The molecular weight excluding hydrogens is 302 g/mol. The molecule has 3 unspecified atom stereocenters. The summed E-state index contributed by atoms with van der Waals surface area (Å²) < 4.78 is 2.01. The van der Waals surface area contributed by atoms with Crippen LogP contribution in [0.3, 0.4) is 0 Å². The standard InChI is InChI=1S/C15H17N3OS2/c19-15(17-11-3-9-1-2-18(7-9)8-11)12-5-13-10(6-16-12)4-14(20)21-13/h4-6,9,11,20H,1-3,7-8H2,(H,17,19). The van der Waals surface area contributed by atoms with Crippen molar-refractivity contribution < 1.29 is 4.79 Å². The lowest BCUT2D eigenvalue weighted by atomic mass is 9.97. The molecule has 6 heteroatoms. The number of aromatic nitrogens is 1. The van der Waals surface area contributed by atoms with E-state index >= 15 is 0 Å². The van der Waals surface area contributed by atoms with E-state index in [1.807, 2.05) is 12.1 Å². The molecule has 0 saturated carbocycles. The highest BCUT2D eigenvalue weighted by Gasteiger charge is 2.33. The number of thiol groups is 1. The van der Waals surface area contributed by atoms with Crippen LogP contribution in [0.25, 0.3) is 10.1 Å². The minimum Gasteiger partial charge on any atom is -0.347 e. The van der Waals surface area contributed by atoms with Crippen LogP contribution in [0.1, 0.15) is 23.3 Å². The van der Waals surface area contributed by atoms with Gasteiger partial charge in [0.25, 0.3) is 5.91 Å². The minimum absolute atomic E-state index is 0.0569. The summed E-state index contributed by atoms with van der Waals surface area (Å²) in [7, 11) is 0. The molecule has 2 fully saturated rings. The average molecular weight is 319 g/mol. The fourth-order valence-electron chi connectivity index (χ4n) is 3.47. The van der Waals surface area contributed by atoms with Gasteiger partial charge in [0, 0.05) is 35.4 Å². The van der Waals surface area contributed by atoms with Crippen molar-refractivity contribution in [3.05, 3.63) is 24.0 Å². The molecule has 2 bridgehead atoms. The zero-order valence-electron chi connectivity index (χ0n) is 11.6. The zero-order chi connectivity index (χ0) is 14.4. The number of fused-ring (bicyclic) bond motifs is 3. The van der Waals surface area contributed by atoms with Crippen LogP contribution in [0.4, 0.5) is 0 Å². The Morgan fingerprint density at radius 3 is 3.19 bits per heavy atom. The van der Waals surface area contributed by atoms with Crippen molar-refractivity contribution in [3.8, 4) is 0 Å². The first kappa shape index (κ1) is 13.5. The maximum Gasteiger partial charge on any atom is 0.270 e. The summed E-state index contributed by atoms with van der Waals surface area (Å²) in [5, 5.41) is 4.19. The average Bonchev–Trinajstić information content (AvgIpc) is 2.99. The maximum atomic E-state index is 12.4. The van der Waals surface area contributed by atoms with E-state index in [2.05, 4.69) is 27.8 Å². The van der Waals surface area contributed by atoms with Crippen molar-refractivity contribution in [1.82, 2.24) is 15.2 Å². The molecule has 4 nitrogen and oxygen atoms in total. The van der Waals surface area contributed by atoms with Gasteiger partial charge in [-0.25, -0.2) is 0 Å². The Morgan fingerprint density at radius 2 is 2.33 bits per heavy atom. The van der Waals surface area contributed by atoms with E-state index < -0.39 is 0 Å². The van der Waals surface area contributed by atoms with Crippen LogP contribution >= 0.6 is 24.0 Å². The van der Waals surface area contributed by atoms with E-state index in [1.54, 1.807) is 17.5 Å². The van der Waals surface area contributed by atoms with Crippen LogP contribution in [0.15, 0.2) is 22.5 Å². The monoisotopic (exact) mass is 319 g/mol. The van der Waals surface area contributed by atoms with E-state index in [1.165, 1.54) is 19.5 Å². The van der Waals surface area contributed by atoms with E-state index in [0.29, 0.717) is 5.69 Å². The summed E-state index contributed by atoms with van der Waals surface area (Å²) in [4.78, 5) is 19.1. The first-order valence-electron chi connectivity index (χ1n) is 7.29. The molecule has 0 aliphatic carbocycles. The van der Waals surface area contributed by atoms with E-state index in [-0.39, 0.29) is 11.9 Å². The summed E-state index contributed by atoms with van der Waals surface area (Å²) in [6.07, 6.45) is 4.13. The molecular formula is C15H17N3OS2. The predicted molar refractivity (Wildman–Crippen MR) is 87.3 cm³/mol. The number of thiophene rings is 1. The number of pyridine rings is 1. The van der Waals surface area contributed by atoms with Gasteiger partial charge in [0.05, 0.1) is 4.21 Å². The molecule has 2 aromatic rings. The molecule has 1 N–H and O–H groups in total. The number of hydrogen-bond donors (Lipinski definition) is 2. The van der Waals surface area contributed by atoms with Crippen LogP contribution < -0.4 is 5.32 Å². The number of carbonyl (C=O) groups excluding carboxylic acids is 1. The Balaban J connectivity index is 1.50. The molecule has 0 spiro atoms. The summed E-state index contributed by atoms with van der Waals surface area (Å²) in [6.45, 7) is 3.36. The molecule has 2 saturated heterocycles. The fraction of sp³-hybridized carbons (Fsp3) is 0.467. The SMILES string of the molecule is O=C(NC1CC2CCN(C2)C1)c1cc2sc(S)cc2cn1. The quantitative estimate of drug-likeness (QED) is 0.836. The summed E-state index contributed by atoms with van der Waals surface area (Å²) >= 11 is 5.92. The van der Waals surface area contributed by atoms with Crippen molar-refractivity contribution in [2.24, 2.45) is 5.92 Å². The van der Waals surface area contributed by atoms with Crippen LogP contribution in [0.5, 0.6) is 0 Å². The van der Waals surface area contributed by atoms with Crippen molar-refractivity contribution in [2.75, 3.05) is 19.6 Å². The van der Waals surface area contributed by atoms with Crippen LogP contribution in [-0.4, -0.2) is 41.5 Å². The highest BCUT2D eigenvalue weighted by atomic mass is 32.2. The zero-order valence-corrected chi connectivity index (χ0v) is 13.3. The Morgan fingerprint density at radius 1 is 1.43 bits per heavy atom. The lowest BCUT2D eigenvalue weighted by molar-refractivity contribution is 0.0904. The summed E-state index contributed by atoms with van der Waals surface area (Å²) in [5.41, 5.74) is 0.505. The molecule has 4 rings (SSSR count). The van der Waals surface area contributed by atoms with Crippen molar-refractivity contribution in [1.29, 1.82) is 0 Å². The topological polar surface area (TPSA) is 45.2 Å². The number of nitrogens with zero attached hydrogens (tertiary/aromatic N) is 2. The van der Waals surface area contributed by atoms with Crippen molar-refractivity contribution >= 4 is 40.0 Å². The van der Waals surface area contributed by atoms with E-state index in [0.717, 1.165) is 33.2 Å². The van der Waals surface area contributed by atoms with E-state index in [4.69, 9.17) is 0 Å². The van der Waals surface area contributed by atoms with Crippen molar-refractivity contribution in [3.63, 3.8) is 0 Å². The van der Waals surface area contributed by atoms with Gasteiger partial charge in [-0.1, -0.05) is 0 Å². The molecule has 3 atom stereocenters. The van der Waals surface area contributed by atoms with Gasteiger partial charge in [0.2, 0.25) is 0 Å². The Labute approximate surface area is 133 Å². The Bertz CT molecular complexity index is 687. The smallest absolute Gasteiger partial charge is 0.270 e. The molecule has 0 radical (unpaired) electrons. The first-order valence-corrected chi connectivity index (χ1v) is 8.55. The highest BCUT2D eigenvalue weighted by molar-refractivity contribution is 7.83. The third-order valence-electron chi connectivity index (χ3n) is 4.42. The van der Waals surface area contributed by atoms with Gasteiger partial charge < -0.3 is 10.2 Å². The lowest BCUT2D eigenvalue weighted by Crippen LogP contribution is -2.47. The van der Waals surface area contributed by atoms with Gasteiger partial charge in [0.1, 0.15) is 5.69 Å². The third kappa shape index (κ3) is 2.67. The molecule has 2 aromatic heterocycles. The van der Waals surface area contributed by atoms with Gasteiger partial charge in [-0.3, -0.25) is 9.78 Å². The third-order valence-corrected chi connectivity index (χ3v) is 5.73. The second-order valence-corrected chi connectivity index (χ2v) is 7.88. The summed E-state index contributed by atoms with van der Waals surface area (Å²) in [6, 6.07) is 4.11. The minimum atomic E-state index is -0.0569. The summed E-state index contributed by atoms with van der Waals surface area (Å²) in [5.74, 6) is 0.696. The molecule has 110 valence electrons. The van der Waals surface area contributed by atoms with Crippen LogP contribution in [0.2, 0.25) is 0 Å². The number of rotatable bonds is 2. The number of nitrogens with one attached hydrogen (secondary N) is 1. The van der Waals surface area contributed by atoms with Gasteiger partial charge in [0.15, 0.2) is 0 Å². The van der Waals surface area contributed by atoms with Crippen LogP contribution in [-0.2, 0) is 0 Å². The molecule has 2 aliphatic heterocycles.